The highest BCUT2D eigenvalue weighted by Crippen LogP contribution is 2.30. The molecule has 1 aliphatic heterocycles. The Hall–Kier alpha value is -2.14. The van der Waals surface area contributed by atoms with E-state index in [1.165, 1.54) is 38.4 Å². The van der Waals surface area contributed by atoms with Gasteiger partial charge in [-0.2, -0.15) is 0 Å². The van der Waals surface area contributed by atoms with Crippen LogP contribution in [-0.2, 0) is 24.8 Å². The molecule has 0 aliphatic carbocycles. The van der Waals surface area contributed by atoms with Gasteiger partial charge in [0.05, 0.1) is 21.2 Å². The second-order valence-corrected chi connectivity index (χ2v) is 11.2. The lowest BCUT2D eigenvalue weighted by Crippen LogP contribution is -2.37. The summed E-state index contributed by atoms with van der Waals surface area (Å²) in [5, 5.41) is 0. The molecule has 8 nitrogen and oxygen atoms in total. The Labute approximate surface area is 178 Å². The number of hydrogen-bond acceptors (Lipinski definition) is 6. The number of para-hydroxylation sites is 2. The van der Waals surface area contributed by atoms with Crippen LogP contribution in [0.25, 0.3) is 0 Å². The molecule has 0 saturated carbocycles. The third kappa shape index (κ3) is 4.77. The van der Waals surface area contributed by atoms with Crippen molar-refractivity contribution in [3.63, 3.8) is 0 Å². The molecule has 2 aromatic rings. The Morgan fingerprint density at radius 1 is 0.867 bits per heavy atom. The van der Waals surface area contributed by atoms with Gasteiger partial charge in [0, 0.05) is 40.4 Å². The van der Waals surface area contributed by atoms with Crippen LogP contribution in [0.5, 0.6) is 0 Å². The van der Waals surface area contributed by atoms with Crippen LogP contribution < -0.4 is 9.62 Å². The molecule has 2 aromatic carbocycles. The third-order valence-electron chi connectivity index (χ3n) is 5.18. The van der Waals surface area contributed by atoms with Gasteiger partial charge in [-0.25, -0.2) is 21.1 Å². The Balaban J connectivity index is 1.86. The lowest BCUT2D eigenvalue weighted by Gasteiger charge is -2.34. The van der Waals surface area contributed by atoms with Crippen LogP contribution in [0.1, 0.15) is 12.8 Å². The zero-order valence-electron chi connectivity index (χ0n) is 17.3. The van der Waals surface area contributed by atoms with Crippen LogP contribution in [0.15, 0.2) is 58.3 Å². The minimum Gasteiger partial charge on any atom is -0.381 e. The van der Waals surface area contributed by atoms with E-state index in [9.17, 15) is 16.8 Å². The first-order valence-corrected chi connectivity index (χ1v) is 12.5. The van der Waals surface area contributed by atoms with Crippen molar-refractivity contribution in [2.24, 2.45) is 0 Å². The maximum absolute atomic E-state index is 12.9. The Morgan fingerprint density at radius 2 is 1.43 bits per heavy atom. The van der Waals surface area contributed by atoms with Crippen LogP contribution in [0.3, 0.4) is 0 Å². The van der Waals surface area contributed by atoms with Crippen molar-refractivity contribution >= 4 is 31.4 Å². The fourth-order valence-corrected chi connectivity index (χ4v) is 5.32. The Morgan fingerprint density at radius 3 is 2.03 bits per heavy atom. The average molecular weight is 454 g/mol. The number of rotatable bonds is 7. The van der Waals surface area contributed by atoms with Crippen LogP contribution >= 0.6 is 0 Å². The van der Waals surface area contributed by atoms with E-state index in [1.807, 2.05) is 19.2 Å². The number of ether oxygens (including phenoxy) is 1. The molecule has 1 N–H and O–H groups in total. The molecule has 1 fully saturated rings. The number of nitrogens with zero attached hydrogens (tertiary/aromatic N) is 2. The van der Waals surface area contributed by atoms with Crippen molar-refractivity contribution in [3.05, 3.63) is 48.5 Å². The van der Waals surface area contributed by atoms with Crippen molar-refractivity contribution in [3.8, 4) is 0 Å². The SMILES string of the molecule is CN(c1ccccc1NS(=O)(=O)c1ccc(S(=O)(=O)N(C)C)cc1)C1CCOCC1. The van der Waals surface area contributed by atoms with E-state index in [-0.39, 0.29) is 15.8 Å². The Bertz CT molecular complexity index is 1080. The molecule has 30 heavy (non-hydrogen) atoms. The summed E-state index contributed by atoms with van der Waals surface area (Å²) in [6, 6.07) is 12.7. The molecular formula is C20H27N3O5S2. The quantitative estimate of drug-likeness (QED) is 0.691. The number of sulfonamides is 2. The summed E-state index contributed by atoms with van der Waals surface area (Å²) in [6.45, 7) is 1.37. The summed E-state index contributed by atoms with van der Waals surface area (Å²) in [5.74, 6) is 0. The molecule has 0 atom stereocenters. The van der Waals surface area contributed by atoms with Gasteiger partial charge in [-0.3, -0.25) is 4.72 Å². The highest BCUT2D eigenvalue weighted by Gasteiger charge is 2.23. The monoisotopic (exact) mass is 453 g/mol. The minimum atomic E-state index is -3.89. The van der Waals surface area contributed by atoms with Crippen molar-refractivity contribution in [2.75, 3.05) is 44.0 Å². The van der Waals surface area contributed by atoms with Crippen LogP contribution in [0.2, 0.25) is 0 Å². The number of anilines is 2. The van der Waals surface area contributed by atoms with Gasteiger partial charge in [-0.05, 0) is 49.2 Å². The molecule has 0 unspecified atom stereocenters. The zero-order valence-corrected chi connectivity index (χ0v) is 18.9. The smallest absolute Gasteiger partial charge is 0.261 e. The normalized spacial score (nSPS) is 15.9. The molecule has 0 bridgehead atoms. The molecule has 0 spiro atoms. The number of nitrogens with one attached hydrogen (secondary N) is 1. The fourth-order valence-electron chi connectivity index (χ4n) is 3.34. The number of benzene rings is 2. The number of hydrogen-bond donors (Lipinski definition) is 1. The van der Waals surface area contributed by atoms with Crippen molar-refractivity contribution in [2.45, 2.75) is 28.7 Å². The van der Waals surface area contributed by atoms with Gasteiger partial charge in [-0.1, -0.05) is 12.1 Å². The lowest BCUT2D eigenvalue weighted by atomic mass is 10.1. The van der Waals surface area contributed by atoms with E-state index in [4.69, 9.17) is 4.74 Å². The minimum absolute atomic E-state index is 0.0104. The van der Waals surface area contributed by atoms with Crippen LogP contribution in [0.4, 0.5) is 11.4 Å². The largest absolute Gasteiger partial charge is 0.381 e. The predicted molar refractivity (Wildman–Crippen MR) is 117 cm³/mol. The van der Waals surface area contributed by atoms with Gasteiger partial charge >= 0.3 is 0 Å². The van der Waals surface area contributed by atoms with E-state index in [2.05, 4.69) is 9.62 Å². The highest BCUT2D eigenvalue weighted by atomic mass is 32.2. The van der Waals surface area contributed by atoms with Crippen molar-refractivity contribution < 1.29 is 21.6 Å². The van der Waals surface area contributed by atoms with Crippen molar-refractivity contribution in [1.82, 2.24) is 4.31 Å². The van der Waals surface area contributed by atoms with Gasteiger partial charge in [0.1, 0.15) is 0 Å². The summed E-state index contributed by atoms with van der Waals surface area (Å²) in [6.07, 6.45) is 1.75. The third-order valence-corrected chi connectivity index (χ3v) is 8.39. The molecule has 10 heteroatoms. The fraction of sp³-hybridized carbons (Fsp3) is 0.400. The molecular weight excluding hydrogens is 426 g/mol. The average Bonchev–Trinajstić information content (AvgIpc) is 2.74. The molecule has 3 rings (SSSR count). The van der Waals surface area contributed by atoms with Gasteiger partial charge < -0.3 is 9.64 Å². The van der Waals surface area contributed by atoms with E-state index in [0.717, 1.165) is 22.8 Å². The molecule has 1 saturated heterocycles. The van der Waals surface area contributed by atoms with E-state index in [1.54, 1.807) is 12.1 Å². The second-order valence-electron chi connectivity index (χ2n) is 7.34. The van der Waals surface area contributed by atoms with E-state index in [0.29, 0.717) is 18.9 Å². The van der Waals surface area contributed by atoms with E-state index < -0.39 is 20.0 Å². The molecule has 1 heterocycles. The molecule has 0 radical (unpaired) electrons. The molecule has 0 amide bonds. The predicted octanol–water partition coefficient (Wildman–Crippen LogP) is 2.35. The van der Waals surface area contributed by atoms with Crippen LogP contribution in [0, 0.1) is 0 Å². The molecule has 0 aromatic heterocycles. The summed E-state index contributed by atoms with van der Waals surface area (Å²) in [5.41, 5.74) is 1.25. The summed E-state index contributed by atoms with van der Waals surface area (Å²) < 4.78 is 59.4. The van der Waals surface area contributed by atoms with Gasteiger partial charge in [0.2, 0.25) is 10.0 Å². The lowest BCUT2D eigenvalue weighted by molar-refractivity contribution is 0.0855. The first kappa shape index (κ1) is 22.5. The molecule has 164 valence electrons. The Kier molecular flexibility index (Phi) is 6.71. The van der Waals surface area contributed by atoms with Crippen molar-refractivity contribution in [1.29, 1.82) is 0 Å². The van der Waals surface area contributed by atoms with Gasteiger partial charge in [0.25, 0.3) is 10.0 Å². The maximum atomic E-state index is 12.9. The summed E-state index contributed by atoms with van der Waals surface area (Å²) >= 11 is 0. The topological polar surface area (TPSA) is 96.0 Å². The first-order chi connectivity index (χ1) is 14.1. The van der Waals surface area contributed by atoms with Crippen LogP contribution in [-0.4, -0.2) is 61.5 Å². The standard InChI is InChI=1S/C20H27N3O5S2/c1-22(2)30(26,27)18-10-8-17(9-11-18)29(24,25)21-19-6-4-5-7-20(19)23(3)16-12-14-28-15-13-16/h4-11,16,21H,12-15H2,1-3H3. The highest BCUT2D eigenvalue weighted by molar-refractivity contribution is 7.92. The zero-order chi connectivity index (χ0) is 21.9. The van der Waals surface area contributed by atoms with E-state index >= 15 is 0 Å². The molecule has 1 aliphatic rings. The maximum Gasteiger partial charge on any atom is 0.261 e. The second kappa shape index (κ2) is 8.93. The van der Waals surface area contributed by atoms with Gasteiger partial charge in [-0.15, -0.1) is 0 Å². The van der Waals surface area contributed by atoms with Gasteiger partial charge in [0.15, 0.2) is 0 Å². The summed E-state index contributed by atoms with van der Waals surface area (Å²) in [7, 11) is -2.72. The first-order valence-electron chi connectivity index (χ1n) is 9.58. The summed E-state index contributed by atoms with van der Waals surface area (Å²) in [4.78, 5) is 2.10.